The van der Waals surface area contributed by atoms with Crippen molar-refractivity contribution in [3.63, 3.8) is 0 Å². The summed E-state index contributed by atoms with van der Waals surface area (Å²) in [5.74, 6) is 5.23. The van der Waals surface area contributed by atoms with Crippen LogP contribution in [0.2, 0.25) is 5.02 Å². The summed E-state index contributed by atoms with van der Waals surface area (Å²) < 4.78 is 4.76. The normalized spacial score (nSPS) is 9.35. The maximum absolute atomic E-state index is 11.1. The number of rotatable bonds is 2. The fourth-order valence-electron chi connectivity index (χ4n) is 1.22. The van der Waals surface area contributed by atoms with E-state index in [0.717, 1.165) is 5.56 Å². The second-order valence-electron chi connectivity index (χ2n) is 3.42. The van der Waals surface area contributed by atoms with E-state index in [1.165, 1.54) is 0 Å². The number of nitrogens with two attached hydrogens (primary N) is 1. The van der Waals surface area contributed by atoms with Gasteiger partial charge >= 0.3 is 5.97 Å². The van der Waals surface area contributed by atoms with Gasteiger partial charge in [0.2, 0.25) is 0 Å². The lowest BCUT2D eigenvalue weighted by Gasteiger charge is -2.03. The SMILES string of the molecule is CCOC(=O)CC#Cc1ccc(N)c(C)c1Cl. The van der Waals surface area contributed by atoms with Crippen LogP contribution in [0.3, 0.4) is 0 Å². The van der Waals surface area contributed by atoms with E-state index in [1.807, 2.05) is 6.92 Å². The van der Waals surface area contributed by atoms with Crippen LogP contribution in [0.25, 0.3) is 0 Å². The molecule has 0 saturated heterocycles. The van der Waals surface area contributed by atoms with Crippen molar-refractivity contribution < 1.29 is 9.53 Å². The van der Waals surface area contributed by atoms with Crippen LogP contribution in [-0.4, -0.2) is 12.6 Å². The summed E-state index contributed by atoms with van der Waals surface area (Å²) in [6.07, 6.45) is 0.0631. The smallest absolute Gasteiger partial charge is 0.317 e. The first-order valence-corrected chi connectivity index (χ1v) is 5.63. The lowest BCUT2D eigenvalue weighted by molar-refractivity contribution is -0.141. The Balaban J connectivity index is 2.79. The van der Waals surface area contributed by atoms with Crippen molar-refractivity contribution in [1.82, 2.24) is 0 Å². The summed E-state index contributed by atoms with van der Waals surface area (Å²) in [5.41, 5.74) is 7.80. The second-order valence-corrected chi connectivity index (χ2v) is 3.80. The van der Waals surface area contributed by atoms with Gasteiger partial charge in [0.1, 0.15) is 6.42 Å². The number of esters is 1. The quantitative estimate of drug-likeness (QED) is 0.499. The maximum Gasteiger partial charge on any atom is 0.317 e. The minimum Gasteiger partial charge on any atom is -0.465 e. The van der Waals surface area contributed by atoms with Crippen molar-refractivity contribution in [3.8, 4) is 11.8 Å². The Bertz CT molecular complexity index is 486. The van der Waals surface area contributed by atoms with Crippen LogP contribution in [0.15, 0.2) is 12.1 Å². The van der Waals surface area contributed by atoms with E-state index >= 15 is 0 Å². The first kappa shape index (κ1) is 13.4. The third-order valence-corrected chi connectivity index (χ3v) is 2.68. The molecule has 1 rings (SSSR count). The van der Waals surface area contributed by atoms with E-state index < -0.39 is 0 Å². The number of ether oxygens (including phenoxy) is 1. The van der Waals surface area contributed by atoms with Gasteiger partial charge in [-0.15, -0.1) is 0 Å². The molecule has 0 bridgehead atoms. The van der Waals surface area contributed by atoms with Crippen molar-refractivity contribution in [2.24, 2.45) is 0 Å². The van der Waals surface area contributed by atoms with Crippen molar-refractivity contribution in [1.29, 1.82) is 0 Å². The molecule has 0 radical (unpaired) electrons. The Kier molecular flexibility index (Phi) is 4.86. The third-order valence-electron chi connectivity index (χ3n) is 2.19. The number of carbonyl (C=O) groups is 1. The summed E-state index contributed by atoms with van der Waals surface area (Å²) in [7, 11) is 0. The molecule has 2 N–H and O–H groups in total. The van der Waals surface area contributed by atoms with Crippen molar-refractivity contribution in [2.45, 2.75) is 20.3 Å². The minimum atomic E-state index is -0.330. The summed E-state index contributed by atoms with van der Waals surface area (Å²) in [4.78, 5) is 11.1. The van der Waals surface area contributed by atoms with E-state index in [0.29, 0.717) is 22.9 Å². The van der Waals surface area contributed by atoms with Crippen LogP contribution in [0.1, 0.15) is 24.5 Å². The van der Waals surface area contributed by atoms with E-state index in [9.17, 15) is 4.79 Å². The first-order valence-electron chi connectivity index (χ1n) is 5.25. The Hall–Kier alpha value is -1.66. The largest absolute Gasteiger partial charge is 0.465 e. The molecule has 0 aliphatic heterocycles. The minimum absolute atomic E-state index is 0.0631. The second kappa shape index (κ2) is 6.17. The van der Waals surface area contributed by atoms with Crippen molar-refractivity contribution in [3.05, 3.63) is 28.3 Å². The number of carbonyl (C=O) groups excluding carboxylic acids is 1. The third kappa shape index (κ3) is 3.69. The Labute approximate surface area is 106 Å². The predicted octanol–water partition coefficient (Wildman–Crippen LogP) is 2.54. The van der Waals surface area contributed by atoms with Gasteiger partial charge in [0, 0.05) is 11.3 Å². The molecule has 0 amide bonds. The Morgan fingerprint density at radius 2 is 2.24 bits per heavy atom. The van der Waals surface area contributed by atoms with E-state index in [2.05, 4.69) is 11.8 Å². The van der Waals surface area contributed by atoms with Crippen molar-refractivity contribution >= 4 is 23.3 Å². The highest BCUT2D eigenvalue weighted by Crippen LogP contribution is 2.24. The van der Waals surface area contributed by atoms with Crippen LogP contribution in [0, 0.1) is 18.8 Å². The van der Waals surface area contributed by atoms with Gasteiger partial charge in [0.25, 0.3) is 0 Å². The van der Waals surface area contributed by atoms with Crippen LogP contribution in [0.5, 0.6) is 0 Å². The molecular weight excluding hydrogens is 238 g/mol. The molecule has 90 valence electrons. The Morgan fingerprint density at radius 1 is 1.53 bits per heavy atom. The summed E-state index contributed by atoms with van der Waals surface area (Å²) >= 11 is 6.08. The van der Waals surface area contributed by atoms with Gasteiger partial charge in [-0.2, -0.15) is 0 Å². The monoisotopic (exact) mass is 251 g/mol. The molecule has 0 aliphatic rings. The van der Waals surface area contributed by atoms with E-state index in [4.69, 9.17) is 22.1 Å². The number of hydrogen-bond acceptors (Lipinski definition) is 3. The zero-order chi connectivity index (χ0) is 12.8. The van der Waals surface area contributed by atoms with Gasteiger partial charge in [-0.3, -0.25) is 4.79 Å². The van der Waals surface area contributed by atoms with E-state index in [-0.39, 0.29) is 12.4 Å². The molecule has 17 heavy (non-hydrogen) atoms. The summed E-state index contributed by atoms with van der Waals surface area (Å²) in [5, 5.41) is 0.529. The zero-order valence-corrected chi connectivity index (χ0v) is 10.6. The number of hydrogen-bond donors (Lipinski definition) is 1. The molecule has 0 fully saturated rings. The number of benzene rings is 1. The Morgan fingerprint density at radius 3 is 2.88 bits per heavy atom. The van der Waals surface area contributed by atoms with Crippen molar-refractivity contribution in [2.75, 3.05) is 12.3 Å². The highest BCUT2D eigenvalue weighted by atomic mass is 35.5. The number of anilines is 1. The summed E-state index contributed by atoms with van der Waals surface area (Å²) in [6, 6.07) is 3.48. The molecule has 0 unspecified atom stereocenters. The van der Waals surface area contributed by atoms with Gasteiger partial charge in [0.05, 0.1) is 11.6 Å². The average molecular weight is 252 g/mol. The fraction of sp³-hybridized carbons (Fsp3) is 0.308. The molecular formula is C13H14ClNO2. The highest BCUT2D eigenvalue weighted by molar-refractivity contribution is 6.32. The zero-order valence-electron chi connectivity index (χ0n) is 9.84. The molecule has 0 saturated carbocycles. The van der Waals surface area contributed by atoms with Gasteiger partial charge in [0.15, 0.2) is 0 Å². The summed E-state index contributed by atoms with van der Waals surface area (Å²) in [6.45, 7) is 3.95. The lowest BCUT2D eigenvalue weighted by atomic mass is 10.1. The van der Waals surface area contributed by atoms with E-state index in [1.54, 1.807) is 19.1 Å². The fourth-order valence-corrected chi connectivity index (χ4v) is 1.44. The van der Waals surface area contributed by atoms with Crippen LogP contribution in [-0.2, 0) is 9.53 Å². The first-order chi connectivity index (χ1) is 8.06. The van der Waals surface area contributed by atoms with Crippen LogP contribution >= 0.6 is 11.6 Å². The average Bonchev–Trinajstić information content (AvgIpc) is 2.29. The van der Waals surface area contributed by atoms with Crippen LogP contribution < -0.4 is 5.73 Å². The molecule has 0 spiro atoms. The predicted molar refractivity (Wildman–Crippen MR) is 68.7 cm³/mol. The van der Waals surface area contributed by atoms with Gasteiger partial charge < -0.3 is 10.5 Å². The molecule has 0 aliphatic carbocycles. The topological polar surface area (TPSA) is 52.3 Å². The standard InChI is InChI=1S/C13H14ClNO2/c1-3-17-12(16)6-4-5-10-7-8-11(15)9(2)13(10)14/h7-8H,3,6,15H2,1-2H3. The highest BCUT2D eigenvalue weighted by Gasteiger charge is 2.04. The molecule has 3 nitrogen and oxygen atoms in total. The van der Waals surface area contributed by atoms with Gasteiger partial charge in [-0.1, -0.05) is 23.4 Å². The lowest BCUT2D eigenvalue weighted by Crippen LogP contribution is -2.01. The molecule has 0 atom stereocenters. The number of halogens is 1. The molecule has 1 aromatic carbocycles. The van der Waals surface area contributed by atoms with Gasteiger partial charge in [-0.25, -0.2) is 0 Å². The number of nitrogen functional groups attached to an aromatic ring is 1. The maximum atomic E-state index is 11.1. The molecule has 0 heterocycles. The molecule has 1 aromatic rings. The van der Waals surface area contributed by atoms with Gasteiger partial charge in [-0.05, 0) is 31.5 Å². The molecule has 0 aromatic heterocycles. The van der Waals surface area contributed by atoms with Crippen LogP contribution in [0.4, 0.5) is 5.69 Å². The molecule has 4 heteroatoms.